The van der Waals surface area contributed by atoms with Crippen molar-refractivity contribution < 1.29 is 28.6 Å². The molecular weight excluding hydrogens is 624 g/mol. The van der Waals surface area contributed by atoms with Crippen LogP contribution in [0.3, 0.4) is 0 Å². The van der Waals surface area contributed by atoms with Crippen LogP contribution in [0, 0.1) is 5.92 Å². The van der Waals surface area contributed by atoms with E-state index in [0.717, 1.165) is 70.1 Å². The van der Waals surface area contributed by atoms with Crippen LogP contribution in [0.15, 0.2) is 0 Å². The molecule has 0 aliphatic carbocycles. The van der Waals surface area contributed by atoms with Crippen LogP contribution in [-0.2, 0) is 28.6 Å². The van der Waals surface area contributed by atoms with Crippen LogP contribution in [0.2, 0.25) is 0 Å². The second-order valence-corrected chi connectivity index (χ2v) is 15.5. The van der Waals surface area contributed by atoms with Crippen molar-refractivity contribution >= 4 is 17.9 Å². The van der Waals surface area contributed by atoms with Crippen molar-refractivity contribution in [3.05, 3.63) is 0 Å². The van der Waals surface area contributed by atoms with Crippen LogP contribution in [0.1, 0.15) is 240 Å². The lowest BCUT2D eigenvalue weighted by atomic mass is 10.0. The van der Waals surface area contributed by atoms with Gasteiger partial charge >= 0.3 is 17.9 Å². The molecule has 6 heteroatoms. The minimum atomic E-state index is -0.757. The van der Waals surface area contributed by atoms with Gasteiger partial charge in [-0.3, -0.25) is 14.4 Å². The number of hydrogen-bond acceptors (Lipinski definition) is 6. The number of hydrogen-bond donors (Lipinski definition) is 0. The fraction of sp³-hybridized carbons (Fsp3) is 0.932. The fourth-order valence-electron chi connectivity index (χ4n) is 6.45. The summed E-state index contributed by atoms with van der Waals surface area (Å²) in [6.45, 7) is 8.86. The summed E-state index contributed by atoms with van der Waals surface area (Å²) in [6, 6.07) is 0. The highest BCUT2D eigenvalue weighted by Crippen LogP contribution is 2.16. The van der Waals surface area contributed by atoms with Crippen LogP contribution < -0.4 is 0 Å². The van der Waals surface area contributed by atoms with E-state index in [1.54, 1.807) is 0 Å². The number of rotatable bonds is 39. The van der Waals surface area contributed by atoms with Crippen molar-refractivity contribution in [3.63, 3.8) is 0 Å². The van der Waals surface area contributed by atoms with Crippen molar-refractivity contribution in [2.75, 3.05) is 13.2 Å². The predicted octanol–water partition coefficient (Wildman–Crippen LogP) is 13.6. The maximum Gasteiger partial charge on any atom is 0.306 e. The Morgan fingerprint density at radius 3 is 0.980 bits per heavy atom. The van der Waals surface area contributed by atoms with Gasteiger partial charge in [0.15, 0.2) is 6.10 Å². The summed E-state index contributed by atoms with van der Waals surface area (Å²) in [5.74, 6) is -0.0928. The molecule has 1 atom stereocenters. The highest BCUT2D eigenvalue weighted by molar-refractivity contribution is 5.71. The van der Waals surface area contributed by atoms with Crippen LogP contribution in [0.25, 0.3) is 0 Å². The van der Waals surface area contributed by atoms with Gasteiger partial charge in [-0.15, -0.1) is 0 Å². The van der Waals surface area contributed by atoms with Crippen molar-refractivity contribution in [3.8, 4) is 0 Å². The Hall–Kier alpha value is -1.59. The van der Waals surface area contributed by atoms with E-state index >= 15 is 0 Å². The van der Waals surface area contributed by atoms with Crippen molar-refractivity contribution in [1.82, 2.24) is 0 Å². The summed E-state index contributed by atoms with van der Waals surface area (Å²) in [4.78, 5) is 37.3. The fourth-order valence-corrected chi connectivity index (χ4v) is 6.45. The van der Waals surface area contributed by atoms with Crippen LogP contribution >= 0.6 is 0 Å². The first-order valence-corrected chi connectivity index (χ1v) is 21.9. The van der Waals surface area contributed by atoms with E-state index in [4.69, 9.17) is 14.2 Å². The summed E-state index contributed by atoms with van der Waals surface area (Å²) in [7, 11) is 0. The third kappa shape index (κ3) is 37.7. The van der Waals surface area contributed by atoms with Crippen molar-refractivity contribution in [1.29, 1.82) is 0 Å². The molecule has 0 bridgehead atoms. The molecule has 0 spiro atoms. The second-order valence-electron chi connectivity index (χ2n) is 15.5. The largest absolute Gasteiger partial charge is 0.462 e. The third-order valence-corrected chi connectivity index (χ3v) is 9.79. The lowest BCUT2D eigenvalue weighted by Crippen LogP contribution is -2.30. The molecule has 0 aliphatic heterocycles. The first-order chi connectivity index (χ1) is 24.4. The SMILES string of the molecule is CCCCCCCCCCCCCCCCCCCC(=O)OC[C@H](COC(=O)CCCCCCCCCC(C)C)OC(=O)CCCCCCC. The van der Waals surface area contributed by atoms with Gasteiger partial charge in [-0.25, -0.2) is 0 Å². The summed E-state index contributed by atoms with van der Waals surface area (Å²) in [5.41, 5.74) is 0. The quantitative estimate of drug-likeness (QED) is 0.0359. The zero-order chi connectivity index (χ0) is 36.8. The monoisotopic (exact) mass is 709 g/mol. The van der Waals surface area contributed by atoms with E-state index in [1.165, 1.54) is 128 Å². The topological polar surface area (TPSA) is 78.9 Å². The van der Waals surface area contributed by atoms with E-state index in [9.17, 15) is 14.4 Å². The molecule has 0 aromatic carbocycles. The van der Waals surface area contributed by atoms with Crippen LogP contribution in [0.4, 0.5) is 0 Å². The molecule has 0 rings (SSSR count). The van der Waals surface area contributed by atoms with E-state index in [1.807, 2.05) is 0 Å². The predicted molar refractivity (Wildman–Crippen MR) is 210 cm³/mol. The molecule has 0 aromatic heterocycles. The molecule has 0 heterocycles. The molecule has 0 aromatic rings. The minimum absolute atomic E-state index is 0.0660. The Labute approximate surface area is 310 Å². The Kier molecular flexibility index (Phi) is 37.4. The number of ether oxygens (including phenoxy) is 3. The highest BCUT2D eigenvalue weighted by Gasteiger charge is 2.19. The Bertz CT molecular complexity index is 751. The third-order valence-electron chi connectivity index (χ3n) is 9.79. The van der Waals surface area contributed by atoms with E-state index < -0.39 is 6.10 Å². The standard InChI is InChI=1S/C44H84O6/c1-5-7-9-11-12-13-14-15-16-17-18-19-20-21-24-28-31-35-42(45)48-38-41(50-44(47)37-33-26-10-8-6-2)39-49-43(46)36-32-29-25-22-23-27-30-34-40(3)4/h40-41H,5-39H2,1-4H3/t41-/m1/s1. The van der Waals surface area contributed by atoms with Crippen molar-refractivity contribution in [2.24, 2.45) is 5.92 Å². The number of unbranched alkanes of at least 4 members (excludes halogenated alkanes) is 26. The van der Waals surface area contributed by atoms with E-state index in [2.05, 4.69) is 27.7 Å². The highest BCUT2D eigenvalue weighted by atomic mass is 16.6. The van der Waals surface area contributed by atoms with Gasteiger partial charge in [0.05, 0.1) is 0 Å². The molecule has 0 unspecified atom stereocenters. The zero-order valence-corrected chi connectivity index (χ0v) is 33.9. The van der Waals surface area contributed by atoms with Gasteiger partial charge in [-0.2, -0.15) is 0 Å². The van der Waals surface area contributed by atoms with Crippen molar-refractivity contribution in [2.45, 2.75) is 246 Å². The normalized spacial score (nSPS) is 11.9. The Balaban J connectivity index is 4.11. The average molecular weight is 709 g/mol. The Morgan fingerprint density at radius 1 is 0.380 bits per heavy atom. The van der Waals surface area contributed by atoms with Crippen LogP contribution in [0.5, 0.6) is 0 Å². The number of esters is 3. The molecular formula is C44H84O6. The lowest BCUT2D eigenvalue weighted by Gasteiger charge is -2.18. The molecule has 50 heavy (non-hydrogen) atoms. The minimum Gasteiger partial charge on any atom is -0.462 e. The van der Waals surface area contributed by atoms with Gasteiger partial charge in [0.25, 0.3) is 0 Å². The lowest BCUT2D eigenvalue weighted by molar-refractivity contribution is -0.167. The van der Waals surface area contributed by atoms with Gasteiger partial charge in [-0.1, -0.05) is 201 Å². The number of carbonyl (C=O) groups excluding carboxylic acids is 3. The maximum absolute atomic E-state index is 12.5. The molecule has 0 N–H and O–H groups in total. The average Bonchev–Trinajstić information content (AvgIpc) is 3.09. The van der Waals surface area contributed by atoms with Gasteiger partial charge in [0.1, 0.15) is 13.2 Å². The maximum atomic E-state index is 12.5. The summed E-state index contributed by atoms with van der Waals surface area (Å²) < 4.78 is 16.6. The number of carbonyl (C=O) groups is 3. The van der Waals surface area contributed by atoms with Gasteiger partial charge < -0.3 is 14.2 Å². The van der Waals surface area contributed by atoms with Gasteiger partial charge in [0, 0.05) is 19.3 Å². The zero-order valence-electron chi connectivity index (χ0n) is 33.9. The second kappa shape index (κ2) is 38.6. The van der Waals surface area contributed by atoms with E-state index in [-0.39, 0.29) is 31.1 Å². The summed E-state index contributed by atoms with van der Waals surface area (Å²) >= 11 is 0. The first-order valence-electron chi connectivity index (χ1n) is 21.9. The molecule has 6 nitrogen and oxygen atoms in total. The van der Waals surface area contributed by atoms with Gasteiger partial charge in [0.2, 0.25) is 0 Å². The summed E-state index contributed by atoms with van der Waals surface area (Å²) in [5, 5.41) is 0. The molecule has 296 valence electrons. The smallest absolute Gasteiger partial charge is 0.306 e. The summed E-state index contributed by atoms with van der Waals surface area (Å²) in [6.07, 6.45) is 37.0. The molecule has 0 fully saturated rings. The molecule has 0 amide bonds. The molecule has 0 saturated heterocycles. The van der Waals surface area contributed by atoms with Gasteiger partial charge in [-0.05, 0) is 25.2 Å². The first kappa shape index (κ1) is 48.4. The van der Waals surface area contributed by atoms with Crippen LogP contribution in [-0.4, -0.2) is 37.2 Å². The molecule has 0 saturated carbocycles. The molecule has 0 radical (unpaired) electrons. The Morgan fingerprint density at radius 2 is 0.660 bits per heavy atom. The van der Waals surface area contributed by atoms with E-state index in [0.29, 0.717) is 19.3 Å². The molecule has 0 aliphatic rings.